The average molecular weight is 329 g/mol. The zero-order chi connectivity index (χ0) is 17.1. The van der Waals surface area contributed by atoms with Crippen molar-refractivity contribution in [1.29, 1.82) is 0 Å². The summed E-state index contributed by atoms with van der Waals surface area (Å²) in [5.41, 5.74) is 2.45. The summed E-state index contributed by atoms with van der Waals surface area (Å²) >= 11 is 0. The summed E-state index contributed by atoms with van der Waals surface area (Å²) in [7, 11) is 1.43. The molecule has 0 atom stereocenters. The third kappa shape index (κ3) is 3.41. The Morgan fingerprint density at radius 3 is 2.67 bits per heavy atom. The summed E-state index contributed by atoms with van der Waals surface area (Å²) in [6.45, 7) is 3.37. The van der Waals surface area contributed by atoms with Gasteiger partial charge in [0.2, 0.25) is 0 Å². The van der Waals surface area contributed by atoms with E-state index in [-0.39, 0.29) is 17.8 Å². The lowest BCUT2D eigenvalue weighted by Gasteiger charge is -2.39. The number of likely N-dealkylation sites (tertiary alicyclic amines) is 1. The molecule has 1 amide bonds. The third-order valence-corrected chi connectivity index (χ3v) is 4.21. The summed E-state index contributed by atoms with van der Waals surface area (Å²) in [6.07, 6.45) is -0.0110. The lowest BCUT2D eigenvalue weighted by molar-refractivity contribution is -0.0503. The van der Waals surface area contributed by atoms with Gasteiger partial charge in [0.05, 0.1) is 19.8 Å². The Balaban J connectivity index is 1.50. The van der Waals surface area contributed by atoms with Crippen molar-refractivity contribution < 1.29 is 18.7 Å². The second-order valence-corrected chi connectivity index (χ2v) is 5.93. The van der Waals surface area contributed by atoms with E-state index >= 15 is 0 Å². The van der Waals surface area contributed by atoms with Gasteiger partial charge in [-0.3, -0.25) is 4.79 Å². The van der Waals surface area contributed by atoms with Crippen molar-refractivity contribution in [2.24, 2.45) is 0 Å². The van der Waals surface area contributed by atoms with Gasteiger partial charge < -0.3 is 14.4 Å². The molecule has 0 aromatic heterocycles. The second kappa shape index (κ2) is 7.01. The van der Waals surface area contributed by atoms with E-state index in [0.717, 1.165) is 16.7 Å². The van der Waals surface area contributed by atoms with E-state index < -0.39 is 5.82 Å². The van der Waals surface area contributed by atoms with Crippen LogP contribution in [0.2, 0.25) is 0 Å². The van der Waals surface area contributed by atoms with E-state index in [9.17, 15) is 9.18 Å². The van der Waals surface area contributed by atoms with Gasteiger partial charge in [-0.1, -0.05) is 24.3 Å². The third-order valence-electron chi connectivity index (χ3n) is 4.21. The first-order chi connectivity index (χ1) is 11.6. The first-order valence-corrected chi connectivity index (χ1v) is 7.87. The van der Waals surface area contributed by atoms with Crippen molar-refractivity contribution in [2.45, 2.75) is 19.6 Å². The highest BCUT2D eigenvalue weighted by Crippen LogP contribution is 2.21. The summed E-state index contributed by atoms with van der Waals surface area (Å²) in [5.74, 6) is -0.149. The Kier molecular flexibility index (Phi) is 4.81. The van der Waals surface area contributed by atoms with E-state index in [1.54, 1.807) is 17.0 Å². The minimum absolute atomic E-state index is 0.0110. The first kappa shape index (κ1) is 16.5. The molecule has 24 heavy (non-hydrogen) atoms. The number of benzene rings is 2. The Labute approximate surface area is 140 Å². The van der Waals surface area contributed by atoms with Crippen LogP contribution in [-0.4, -0.2) is 37.1 Å². The summed E-state index contributed by atoms with van der Waals surface area (Å²) < 4.78 is 24.3. The lowest BCUT2D eigenvalue weighted by atomic mass is 10.0. The van der Waals surface area contributed by atoms with E-state index in [4.69, 9.17) is 9.47 Å². The molecule has 5 heteroatoms. The van der Waals surface area contributed by atoms with Gasteiger partial charge in [0.25, 0.3) is 5.91 Å². The highest BCUT2D eigenvalue weighted by atomic mass is 19.1. The normalized spacial score (nSPS) is 14.4. The maximum atomic E-state index is 13.6. The first-order valence-electron chi connectivity index (χ1n) is 7.87. The molecule has 3 rings (SSSR count). The molecule has 2 aromatic carbocycles. The van der Waals surface area contributed by atoms with Crippen LogP contribution in [0, 0.1) is 12.7 Å². The van der Waals surface area contributed by atoms with Crippen molar-refractivity contribution in [3.05, 3.63) is 65.0 Å². The van der Waals surface area contributed by atoms with Crippen LogP contribution in [-0.2, 0) is 11.3 Å². The zero-order valence-corrected chi connectivity index (χ0v) is 13.8. The topological polar surface area (TPSA) is 38.8 Å². The van der Waals surface area contributed by atoms with Gasteiger partial charge in [0.15, 0.2) is 11.6 Å². The Bertz CT molecular complexity index is 741. The molecule has 1 saturated heterocycles. The number of hydrogen-bond donors (Lipinski definition) is 0. The number of carbonyl (C=O) groups excluding carboxylic acids is 1. The molecular formula is C19H20FNO3. The molecule has 1 fully saturated rings. The number of aryl methyl sites for hydroxylation is 1. The number of amides is 1. The molecule has 0 saturated carbocycles. The van der Waals surface area contributed by atoms with Gasteiger partial charge in [-0.25, -0.2) is 4.39 Å². The maximum absolute atomic E-state index is 13.6. The van der Waals surface area contributed by atoms with Crippen molar-refractivity contribution in [2.75, 3.05) is 20.2 Å². The van der Waals surface area contributed by atoms with Gasteiger partial charge in [-0.05, 0) is 36.2 Å². The monoisotopic (exact) mass is 329 g/mol. The number of carbonyl (C=O) groups is 1. The number of nitrogens with zero attached hydrogens (tertiary/aromatic N) is 1. The predicted octanol–water partition coefficient (Wildman–Crippen LogP) is 3.18. The number of hydrogen-bond acceptors (Lipinski definition) is 3. The molecule has 1 aliphatic rings. The quantitative estimate of drug-likeness (QED) is 0.846. The van der Waals surface area contributed by atoms with E-state index in [0.29, 0.717) is 19.7 Å². The number of halogens is 1. The zero-order valence-electron chi connectivity index (χ0n) is 13.8. The molecular weight excluding hydrogens is 309 g/mol. The Morgan fingerprint density at radius 1 is 1.25 bits per heavy atom. The molecule has 0 bridgehead atoms. The highest BCUT2D eigenvalue weighted by molar-refractivity contribution is 5.96. The molecule has 1 heterocycles. The van der Waals surface area contributed by atoms with Crippen LogP contribution in [0.5, 0.6) is 5.75 Å². The summed E-state index contributed by atoms with van der Waals surface area (Å²) in [4.78, 5) is 14.2. The fourth-order valence-electron chi connectivity index (χ4n) is 2.71. The predicted molar refractivity (Wildman–Crippen MR) is 88.6 cm³/mol. The molecule has 0 aliphatic carbocycles. The van der Waals surface area contributed by atoms with Crippen LogP contribution >= 0.6 is 0 Å². The second-order valence-electron chi connectivity index (χ2n) is 5.93. The largest absolute Gasteiger partial charge is 0.494 e. The molecule has 0 radical (unpaired) electrons. The van der Waals surface area contributed by atoms with Crippen molar-refractivity contribution in [3.8, 4) is 5.75 Å². The summed E-state index contributed by atoms with van der Waals surface area (Å²) in [6, 6.07) is 12.3. The minimum Gasteiger partial charge on any atom is -0.494 e. The fraction of sp³-hybridized carbons (Fsp3) is 0.316. The molecule has 4 nitrogen and oxygen atoms in total. The smallest absolute Gasteiger partial charge is 0.254 e. The van der Waals surface area contributed by atoms with Crippen LogP contribution in [0.4, 0.5) is 4.39 Å². The minimum atomic E-state index is -0.399. The van der Waals surface area contributed by atoms with Crippen LogP contribution in [0.15, 0.2) is 42.5 Å². The van der Waals surface area contributed by atoms with Crippen LogP contribution in [0.1, 0.15) is 21.5 Å². The maximum Gasteiger partial charge on any atom is 0.254 e. The number of rotatable bonds is 5. The number of methoxy groups -OCH3 is 1. The molecule has 0 unspecified atom stereocenters. The van der Waals surface area contributed by atoms with E-state index in [1.807, 2.05) is 31.2 Å². The fourth-order valence-corrected chi connectivity index (χ4v) is 2.71. The molecule has 0 N–H and O–H groups in total. The SMILES string of the molecule is COc1ccc(COC2CN(C(=O)c3ccccc3C)C2)cc1F. The Hall–Kier alpha value is -2.40. The van der Waals surface area contributed by atoms with Gasteiger partial charge in [-0.2, -0.15) is 0 Å². The number of ether oxygens (including phenoxy) is 2. The van der Waals surface area contributed by atoms with Crippen molar-refractivity contribution >= 4 is 5.91 Å². The van der Waals surface area contributed by atoms with Gasteiger partial charge in [-0.15, -0.1) is 0 Å². The van der Waals surface area contributed by atoms with E-state index in [1.165, 1.54) is 13.2 Å². The van der Waals surface area contributed by atoms with Crippen LogP contribution < -0.4 is 4.74 Å². The molecule has 1 aliphatic heterocycles. The van der Waals surface area contributed by atoms with Gasteiger partial charge in [0.1, 0.15) is 0 Å². The van der Waals surface area contributed by atoms with Crippen LogP contribution in [0.25, 0.3) is 0 Å². The van der Waals surface area contributed by atoms with Crippen molar-refractivity contribution in [3.63, 3.8) is 0 Å². The molecule has 0 spiro atoms. The average Bonchev–Trinajstić information content (AvgIpc) is 2.53. The lowest BCUT2D eigenvalue weighted by Crippen LogP contribution is -2.54. The standard InChI is InChI=1S/C19H20FNO3/c1-13-5-3-4-6-16(13)19(22)21-10-15(11-21)24-12-14-7-8-18(23-2)17(20)9-14/h3-9,15H,10-12H2,1-2H3. The van der Waals surface area contributed by atoms with Crippen LogP contribution in [0.3, 0.4) is 0 Å². The Morgan fingerprint density at radius 2 is 2.00 bits per heavy atom. The van der Waals surface area contributed by atoms with Crippen molar-refractivity contribution in [1.82, 2.24) is 4.90 Å². The molecule has 2 aromatic rings. The molecule has 126 valence electrons. The van der Waals surface area contributed by atoms with E-state index in [2.05, 4.69) is 0 Å². The highest BCUT2D eigenvalue weighted by Gasteiger charge is 2.32. The summed E-state index contributed by atoms with van der Waals surface area (Å²) in [5, 5.41) is 0. The van der Waals surface area contributed by atoms with Gasteiger partial charge in [0, 0.05) is 18.7 Å². The van der Waals surface area contributed by atoms with Gasteiger partial charge >= 0.3 is 0 Å².